The minimum atomic E-state index is -0.666. The van der Waals surface area contributed by atoms with Gasteiger partial charge in [0, 0.05) is 12.7 Å². The van der Waals surface area contributed by atoms with Gasteiger partial charge in [0.25, 0.3) is 0 Å². The number of halogens is 2. The largest absolute Gasteiger partial charge is 0.379 e. The van der Waals surface area contributed by atoms with Crippen molar-refractivity contribution in [2.75, 3.05) is 7.11 Å². The molecule has 0 aromatic heterocycles. The summed E-state index contributed by atoms with van der Waals surface area (Å²) in [4.78, 5) is 0. The van der Waals surface area contributed by atoms with Gasteiger partial charge in [-0.1, -0.05) is 13.8 Å². The van der Waals surface area contributed by atoms with Gasteiger partial charge >= 0.3 is 0 Å². The zero-order chi connectivity index (χ0) is 12.3. The van der Waals surface area contributed by atoms with Crippen LogP contribution in [0.5, 0.6) is 0 Å². The molecule has 0 amide bonds. The third-order valence-electron chi connectivity index (χ3n) is 2.60. The maximum atomic E-state index is 13.5. The lowest BCUT2D eigenvalue weighted by molar-refractivity contribution is 0.0427. The van der Waals surface area contributed by atoms with E-state index in [4.69, 9.17) is 10.5 Å². The Morgan fingerprint density at radius 3 is 2.38 bits per heavy atom. The van der Waals surface area contributed by atoms with E-state index in [1.54, 1.807) is 0 Å². The first-order valence-electron chi connectivity index (χ1n) is 5.20. The van der Waals surface area contributed by atoms with Gasteiger partial charge in [-0.15, -0.1) is 0 Å². The predicted molar refractivity (Wildman–Crippen MR) is 58.9 cm³/mol. The standard InChI is InChI=1S/C12H17F2NO/c1-7(2)12(16-3)11(15)9-6-8(13)4-5-10(9)14/h4-7,11-12H,15H2,1-3H3. The Kier molecular flexibility index (Phi) is 4.38. The first-order valence-corrected chi connectivity index (χ1v) is 5.20. The van der Waals surface area contributed by atoms with E-state index in [-0.39, 0.29) is 17.6 Å². The summed E-state index contributed by atoms with van der Waals surface area (Å²) in [6.45, 7) is 3.84. The summed E-state index contributed by atoms with van der Waals surface area (Å²) < 4.78 is 31.7. The summed E-state index contributed by atoms with van der Waals surface area (Å²) >= 11 is 0. The molecule has 2 nitrogen and oxygen atoms in total. The molecule has 0 bridgehead atoms. The van der Waals surface area contributed by atoms with Gasteiger partial charge in [-0.2, -0.15) is 0 Å². The van der Waals surface area contributed by atoms with Crippen LogP contribution in [0.1, 0.15) is 25.5 Å². The van der Waals surface area contributed by atoms with Crippen molar-refractivity contribution < 1.29 is 13.5 Å². The molecule has 4 heteroatoms. The van der Waals surface area contributed by atoms with Gasteiger partial charge in [0.05, 0.1) is 12.1 Å². The van der Waals surface area contributed by atoms with Crippen LogP contribution in [-0.4, -0.2) is 13.2 Å². The first kappa shape index (κ1) is 13.1. The van der Waals surface area contributed by atoms with E-state index in [1.165, 1.54) is 7.11 Å². The van der Waals surface area contributed by atoms with Crippen molar-refractivity contribution in [1.82, 2.24) is 0 Å². The number of ether oxygens (including phenoxy) is 1. The van der Waals surface area contributed by atoms with E-state index in [0.717, 1.165) is 18.2 Å². The van der Waals surface area contributed by atoms with Crippen LogP contribution in [-0.2, 0) is 4.74 Å². The van der Waals surface area contributed by atoms with Crippen LogP contribution >= 0.6 is 0 Å². The maximum Gasteiger partial charge on any atom is 0.128 e. The van der Waals surface area contributed by atoms with Crippen molar-refractivity contribution in [2.24, 2.45) is 11.7 Å². The summed E-state index contributed by atoms with van der Waals surface area (Å²) in [5.74, 6) is -0.871. The van der Waals surface area contributed by atoms with Gasteiger partial charge in [0.15, 0.2) is 0 Å². The summed E-state index contributed by atoms with van der Waals surface area (Å²) in [5.41, 5.74) is 6.04. The zero-order valence-corrected chi connectivity index (χ0v) is 9.71. The van der Waals surface area contributed by atoms with Crippen molar-refractivity contribution in [3.05, 3.63) is 35.4 Å². The summed E-state index contributed by atoms with van der Waals surface area (Å²) in [6.07, 6.45) is -0.337. The molecule has 0 aliphatic rings. The summed E-state index contributed by atoms with van der Waals surface area (Å²) in [7, 11) is 1.52. The lowest BCUT2D eigenvalue weighted by atomic mass is 9.94. The Balaban J connectivity index is 3.02. The number of methoxy groups -OCH3 is 1. The minimum Gasteiger partial charge on any atom is -0.379 e. The molecular weight excluding hydrogens is 212 g/mol. The highest BCUT2D eigenvalue weighted by Gasteiger charge is 2.25. The second-order valence-electron chi connectivity index (χ2n) is 4.14. The van der Waals surface area contributed by atoms with Gasteiger partial charge in [0.1, 0.15) is 11.6 Å². The highest BCUT2D eigenvalue weighted by Crippen LogP contribution is 2.24. The number of rotatable bonds is 4. The molecule has 0 aliphatic heterocycles. The van der Waals surface area contributed by atoms with Gasteiger partial charge in [-0.3, -0.25) is 0 Å². The molecule has 0 saturated heterocycles. The van der Waals surface area contributed by atoms with Crippen LogP contribution in [0.3, 0.4) is 0 Å². The molecule has 0 heterocycles. The third kappa shape index (κ3) is 2.77. The Hall–Kier alpha value is -1.00. The third-order valence-corrected chi connectivity index (χ3v) is 2.60. The van der Waals surface area contributed by atoms with Crippen LogP contribution in [0.2, 0.25) is 0 Å². The second kappa shape index (κ2) is 5.37. The molecule has 16 heavy (non-hydrogen) atoms. The monoisotopic (exact) mass is 229 g/mol. The summed E-state index contributed by atoms with van der Waals surface area (Å²) in [6, 6.07) is 2.61. The van der Waals surface area contributed by atoms with Crippen LogP contribution in [0.4, 0.5) is 8.78 Å². The van der Waals surface area contributed by atoms with Crippen LogP contribution in [0.25, 0.3) is 0 Å². The van der Waals surface area contributed by atoms with E-state index in [2.05, 4.69) is 0 Å². The highest BCUT2D eigenvalue weighted by atomic mass is 19.1. The van der Waals surface area contributed by atoms with E-state index in [1.807, 2.05) is 13.8 Å². The molecule has 2 unspecified atom stereocenters. The average Bonchev–Trinajstić information content (AvgIpc) is 2.22. The molecule has 2 N–H and O–H groups in total. The Bertz CT molecular complexity index is 355. The molecule has 0 spiro atoms. The zero-order valence-electron chi connectivity index (χ0n) is 9.71. The van der Waals surface area contributed by atoms with Gasteiger partial charge in [-0.25, -0.2) is 8.78 Å². The Labute approximate surface area is 94.4 Å². The fourth-order valence-electron chi connectivity index (χ4n) is 1.78. The molecule has 1 rings (SSSR count). The molecule has 90 valence electrons. The molecule has 0 radical (unpaired) electrons. The lowest BCUT2D eigenvalue weighted by Crippen LogP contribution is -2.33. The summed E-state index contributed by atoms with van der Waals surface area (Å²) in [5, 5.41) is 0. The Morgan fingerprint density at radius 1 is 1.25 bits per heavy atom. The van der Waals surface area contributed by atoms with Gasteiger partial charge in [0.2, 0.25) is 0 Å². The van der Waals surface area contributed by atoms with Crippen LogP contribution in [0.15, 0.2) is 18.2 Å². The van der Waals surface area contributed by atoms with Crippen molar-refractivity contribution in [1.29, 1.82) is 0 Å². The van der Waals surface area contributed by atoms with E-state index < -0.39 is 17.7 Å². The quantitative estimate of drug-likeness (QED) is 0.861. The fraction of sp³-hybridized carbons (Fsp3) is 0.500. The van der Waals surface area contributed by atoms with Crippen molar-refractivity contribution in [3.63, 3.8) is 0 Å². The van der Waals surface area contributed by atoms with E-state index in [9.17, 15) is 8.78 Å². The molecule has 2 atom stereocenters. The normalized spacial score (nSPS) is 15.2. The first-order chi connectivity index (χ1) is 7.47. The van der Waals surface area contributed by atoms with Gasteiger partial charge < -0.3 is 10.5 Å². The maximum absolute atomic E-state index is 13.5. The highest BCUT2D eigenvalue weighted by molar-refractivity contribution is 5.23. The number of hydrogen-bond acceptors (Lipinski definition) is 2. The van der Waals surface area contributed by atoms with Crippen LogP contribution in [0, 0.1) is 17.6 Å². The van der Waals surface area contributed by atoms with Crippen LogP contribution < -0.4 is 5.73 Å². The topological polar surface area (TPSA) is 35.2 Å². The van der Waals surface area contributed by atoms with E-state index >= 15 is 0 Å². The minimum absolute atomic E-state index is 0.127. The number of benzene rings is 1. The predicted octanol–water partition coefficient (Wildman–Crippen LogP) is 2.64. The number of hydrogen-bond donors (Lipinski definition) is 1. The van der Waals surface area contributed by atoms with Crippen molar-refractivity contribution >= 4 is 0 Å². The average molecular weight is 229 g/mol. The molecule has 0 saturated carbocycles. The molecule has 1 aromatic rings. The van der Waals surface area contributed by atoms with Crippen molar-refractivity contribution in [3.8, 4) is 0 Å². The van der Waals surface area contributed by atoms with Gasteiger partial charge in [-0.05, 0) is 24.1 Å². The Morgan fingerprint density at radius 2 is 1.88 bits per heavy atom. The smallest absolute Gasteiger partial charge is 0.128 e. The van der Waals surface area contributed by atoms with Crippen molar-refractivity contribution in [2.45, 2.75) is 26.0 Å². The lowest BCUT2D eigenvalue weighted by Gasteiger charge is -2.26. The SMILES string of the molecule is COC(C(C)C)C(N)c1cc(F)ccc1F. The molecule has 0 aliphatic carbocycles. The molecule has 0 fully saturated rings. The molecule has 1 aromatic carbocycles. The second-order valence-corrected chi connectivity index (χ2v) is 4.14. The molecular formula is C12H17F2NO. The van der Waals surface area contributed by atoms with E-state index in [0.29, 0.717) is 0 Å². The number of nitrogens with two attached hydrogens (primary N) is 1. The fourth-order valence-corrected chi connectivity index (χ4v) is 1.78.